The van der Waals surface area contributed by atoms with Crippen LogP contribution in [0.4, 0.5) is 8.78 Å². The summed E-state index contributed by atoms with van der Waals surface area (Å²) >= 11 is 0. The van der Waals surface area contributed by atoms with E-state index in [1.165, 1.54) is 16.8 Å². The van der Waals surface area contributed by atoms with E-state index in [1.807, 2.05) is 13.8 Å². The zero-order valence-electron chi connectivity index (χ0n) is 23.1. The van der Waals surface area contributed by atoms with Gasteiger partial charge in [-0.3, -0.25) is 24.1 Å². The quantitative estimate of drug-likeness (QED) is 0.342. The molecule has 5 rings (SSSR count). The predicted octanol–water partition coefficient (Wildman–Crippen LogP) is 1.44. The van der Waals surface area contributed by atoms with Gasteiger partial charge in [-0.25, -0.2) is 8.78 Å². The number of pyridine rings is 1. The Balaban J connectivity index is 1.44. The second-order valence-electron chi connectivity index (χ2n) is 10.8. The van der Waals surface area contributed by atoms with Crippen molar-refractivity contribution < 1.29 is 32.6 Å². The van der Waals surface area contributed by atoms with E-state index in [1.54, 1.807) is 11.9 Å². The van der Waals surface area contributed by atoms with Gasteiger partial charge >= 0.3 is 5.97 Å². The van der Waals surface area contributed by atoms with Crippen molar-refractivity contribution in [3.8, 4) is 5.75 Å². The number of nitrogens with zero attached hydrogens (tertiary/aromatic N) is 3. The van der Waals surface area contributed by atoms with Gasteiger partial charge in [-0.05, 0) is 31.9 Å². The number of likely N-dealkylation sites (N-methyl/N-ethyl adjacent to an activating group) is 1. The minimum absolute atomic E-state index is 0.0290. The van der Waals surface area contributed by atoms with E-state index < -0.39 is 53.4 Å². The summed E-state index contributed by atoms with van der Waals surface area (Å²) < 4.78 is 39.8. The molecule has 41 heavy (non-hydrogen) atoms. The molecule has 4 heterocycles. The normalized spacial score (nSPS) is 20.4. The molecule has 0 bridgehead atoms. The molecule has 3 aliphatic rings. The van der Waals surface area contributed by atoms with E-state index in [0.717, 1.165) is 25.5 Å². The van der Waals surface area contributed by atoms with Gasteiger partial charge < -0.3 is 29.6 Å². The first-order valence-electron chi connectivity index (χ1n) is 13.6. The lowest BCUT2D eigenvalue weighted by Crippen LogP contribution is -2.51. The highest BCUT2D eigenvalue weighted by molar-refractivity contribution is 5.99. The molecule has 0 spiro atoms. The van der Waals surface area contributed by atoms with Crippen LogP contribution < -0.4 is 20.8 Å². The molecule has 3 atom stereocenters. The number of hydrogen-bond donors (Lipinski definition) is 2. The van der Waals surface area contributed by atoms with E-state index in [2.05, 4.69) is 15.5 Å². The van der Waals surface area contributed by atoms with Crippen LogP contribution in [0.3, 0.4) is 0 Å². The summed E-state index contributed by atoms with van der Waals surface area (Å²) in [5.41, 5.74) is -1.20. The average molecular weight is 574 g/mol. The number of fused-ring (bicyclic) bond motifs is 4. The fourth-order valence-electron chi connectivity index (χ4n) is 5.90. The van der Waals surface area contributed by atoms with Gasteiger partial charge in [-0.2, -0.15) is 0 Å². The minimum Gasteiger partial charge on any atom is -0.451 e. The summed E-state index contributed by atoms with van der Waals surface area (Å²) in [4.78, 5) is 56.8. The number of amides is 2. The molecule has 11 nitrogen and oxygen atoms in total. The van der Waals surface area contributed by atoms with Gasteiger partial charge in [0.2, 0.25) is 18.0 Å². The Kier molecular flexibility index (Phi) is 8.09. The third-order valence-corrected chi connectivity index (χ3v) is 7.97. The van der Waals surface area contributed by atoms with Gasteiger partial charge in [0.25, 0.3) is 11.8 Å². The monoisotopic (exact) mass is 573 g/mol. The SMILES string of the molecule is CNC(C(=O)OCOc1c2n(cc(C(=O)NCc3ccc(F)cc3F)c1=O)CC1N(CC3CCCN31)C2=O)C(C)C. The van der Waals surface area contributed by atoms with Crippen LogP contribution in [0.1, 0.15) is 53.1 Å². The summed E-state index contributed by atoms with van der Waals surface area (Å²) in [6.45, 7) is 4.39. The molecular formula is C28H33F2N5O6. The first-order chi connectivity index (χ1) is 19.6. The Morgan fingerprint density at radius 2 is 1.95 bits per heavy atom. The Morgan fingerprint density at radius 1 is 1.17 bits per heavy atom. The number of rotatable bonds is 9. The number of hydrogen-bond acceptors (Lipinski definition) is 8. The molecule has 13 heteroatoms. The molecular weight excluding hydrogens is 540 g/mol. The van der Waals surface area contributed by atoms with E-state index in [9.17, 15) is 28.0 Å². The van der Waals surface area contributed by atoms with Crippen molar-refractivity contribution in [2.75, 3.05) is 26.9 Å². The smallest absolute Gasteiger partial charge is 0.326 e. The van der Waals surface area contributed by atoms with Crippen molar-refractivity contribution >= 4 is 17.8 Å². The molecule has 0 saturated carbocycles. The second-order valence-corrected chi connectivity index (χ2v) is 10.8. The van der Waals surface area contributed by atoms with Gasteiger partial charge in [0.05, 0.1) is 6.54 Å². The Labute approximate surface area is 235 Å². The first-order valence-corrected chi connectivity index (χ1v) is 13.6. The van der Waals surface area contributed by atoms with Crippen molar-refractivity contribution in [2.45, 2.75) is 58.0 Å². The number of carbonyl (C=O) groups is 3. The Morgan fingerprint density at radius 3 is 2.66 bits per heavy atom. The second kappa shape index (κ2) is 11.6. The lowest BCUT2D eigenvalue weighted by atomic mass is 10.1. The summed E-state index contributed by atoms with van der Waals surface area (Å²) in [5.74, 6) is -3.92. The van der Waals surface area contributed by atoms with Crippen LogP contribution in [0.2, 0.25) is 0 Å². The van der Waals surface area contributed by atoms with Crippen molar-refractivity contribution in [3.05, 3.63) is 63.1 Å². The number of carbonyl (C=O) groups excluding carboxylic acids is 3. The predicted molar refractivity (Wildman–Crippen MR) is 142 cm³/mol. The summed E-state index contributed by atoms with van der Waals surface area (Å²) in [6, 6.07) is 2.57. The number of ether oxygens (including phenoxy) is 2. The molecule has 2 saturated heterocycles. The number of esters is 1. The largest absolute Gasteiger partial charge is 0.451 e. The molecule has 0 aliphatic carbocycles. The standard InChI is InChI=1S/C28H33F2N5O6/c1-15(2)22(31-3)28(39)41-14-40-25-23-27(38)35-11-18-5-4-8-34(18)21(35)13-33(23)12-19(24(25)36)26(37)32-10-16-6-7-17(29)9-20(16)30/h6-7,9,12,15,18,21-22,31H,4-5,8,10-11,13-14H2,1-3H3,(H,32,37). The van der Waals surface area contributed by atoms with Crippen LogP contribution in [0.25, 0.3) is 0 Å². The zero-order valence-corrected chi connectivity index (χ0v) is 23.1. The lowest BCUT2D eigenvalue weighted by molar-refractivity contribution is -0.153. The molecule has 3 aliphatic heterocycles. The van der Waals surface area contributed by atoms with Gasteiger partial charge in [-0.15, -0.1) is 0 Å². The Hall–Kier alpha value is -3.84. The summed E-state index contributed by atoms with van der Waals surface area (Å²) in [5, 5.41) is 5.34. The lowest BCUT2D eigenvalue weighted by Gasteiger charge is -2.36. The molecule has 2 amide bonds. The number of benzene rings is 1. The molecule has 3 unspecified atom stereocenters. The molecule has 2 N–H and O–H groups in total. The van der Waals surface area contributed by atoms with Crippen LogP contribution in [-0.4, -0.2) is 77.3 Å². The van der Waals surface area contributed by atoms with Crippen LogP contribution in [0, 0.1) is 17.6 Å². The van der Waals surface area contributed by atoms with E-state index >= 15 is 0 Å². The Bertz CT molecular complexity index is 1430. The van der Waals surface area contributed by atoms with Crippen molar-refractivity contribution in [3.63, 3.8) is 0 Å². The first kappa shape index (κ1) is 28.7. The highest BCUT2D eigenvalue weighted by Gasteiger charge is 2.48. The van der Waals surface area contributed by atoms with Gasteiger partial charge in [0.15, 0.2) is 5.69 Å². The molecule has 0 radical (unpaired) electrons. The molecule has 220 valence electrons. The number of halogens is 2. The highest BCUT2D eigenvalue weighted by Crippen LogP contribution is 2.35. The van der Waals surface area contributed by atoms with E-state index in [-0.39, 0.29) is 41.5 Å². The molecule has 1 aromatic heterocycles. The van der Waals surface area contributed by atoms with Gasteiger partial charge in [-0.1, -0.05) is 19.9 Å². The maximum Gasteiger partial charge on any atom is 0.326 e. The molecule has 2 fully saturated rings. The summed E-state index contributed by atoms with van der Waals surface area (Å²) in [7, 11) is 1.62. The maximum absolute atomic E-state index is 14.1. The third kappa shape index (κ3) is 5.43. The van der Waals surface area contributed by atoms with Crippen molar-refractivity contribution in [1.82, 2.24) is 25.0 Å². The number of nitrogens with one attached hydrogen (secondary N) is 2. The van der Waals surface area contributed by atoms with Gasteiger partial charge in [0, 0.05) is 43.5 Å². The third-order valence-electron chi connectivity index (χ3n) is 7.97. The van der Waals surface area contributed by atoms with Crippen LogP contribution >= 0.6 is 0 Å². The van der Waals surface area contributed by atoms with Crippen LogP contribution in [0.5, 0.6) is 5.75 Å². The average Bonchev–Trinajstić information content (AvgIpc) is 3.52. The minimum atomic E-state index is -0.870. The topological polar surface area (TPSA) is 122 Å². The maximum atomic E-state index is 14.1. The van der Waals surface area contributed by atoms with E-state index in [0.29, 0.717) is 19.2 Å². The van der Waals surface area contributed by atoms with Crippen LogP contribution in [0.15, 0.2) is 29.2 Å². The number of aromatic nitrogens is 1. The molecule has 2 aromatic rings. The van der Waals surface area contributed by atoms with E-state index in [4.69, 9.17) is 9.47 Å². The fourth-order valence-corrected chi connectivity index (χ4v) is 5.90. The zero-order chi connectivity index (χ0) is 29.4. The fraction of sp³-hybridized carbons (Fsp3) is 0.500. The highest BCUT2D eigenvalue weighted by atomic mass is 19.1. The van der Waals surface area contributed by atoms with Crippen molar-refractivity contribution in [2.24, 2.45) is 5.92 Å². The molecule has 1 aromatic carbocycles. The summed E-state index contributed by atoms with van der Waals surface area (Å²) in [6.07, 6.45) is 3.06. The van der Waals surface area contributed by atoms with Crippen LogP contribution in [-0.2, 0) is 22.6 Å². The van der Waals surface area contributed by atoms with Gasteiger partial charge in [0.1, 0.15) is 29.4 Å². The van der Waals surface area contributed by atoms with Crippen molar-refractivity contribution in [1.29, 1.82) is 0 Å².